The molecule has 0 aliphatic carbocycles. The molecule has 1 amide bonds. The van der Waals surface area contributed by atoms with E-state index in [9.17, 15) is 9.18 Å². The number of thioether (sulfide) groups is 1. The van der Waals surface area contributed by atoms with Crippen LogP contribution in [0.1, 0.15) is 6.92 Å². The zero-order chi connectivity index (χ0) is 15.4. The maximum Gasteiger partial charge on any atom is 0.237 e. The van der Waals surface area contributed by atoms with Gasteiger partial charge < -0.3 is 5.32 Å². The second-order valence-corrected chi connectivity index (χ2v) is 6.53. The first-order valence-corrected chi connectivity index (χ1v) is 7.78. The van der Waals surface area contributed by atoms with Crippen molar-refractivity contribution < 1.29 is 9.18 Å². The summed E-state index contributed by atoms with van der Waals surface area (Å²) < 4.78 is 13.6. The number of carbonyl (C=O) groups excluding carboxylic acids is 1. The highest BCUT2D eigenvalue weighted by atomic mass is 35.5. The lowest BCUT2D eigenvalue weighted by molar-refractivity contribution is -0.115. The van der Waals surface area contributed by atoms with Crippen LogP contribution in [0.3, 0.4) is 0 Å². The Morgan fingerprint density at radius 3 is 2.67 bits per heavy atom. The van der Waals surface area contributed by atoms with Gasteiger partial charge in [0.1, 0.15) is 5.82 Å². The van der Waals surface area contributed by atoms with Crippen LogP contribution in [0, 0.1) is 5.82 Å². The largest absolute Gasteiger partial charge is 0.324 e. The topological polar surface area (TPSA) is 29.1 Å². The zero-order valence-electron chi connectivity index (χ0n) is 11.1. The first kappa shape index (κ1) is 16.1. The van der Waals surface area contributed by atoms with E-state index < -0.39 is 5.25 Å². The molecule has 0 aromatic heterocycles. The minimum Gasteiger partial charge on any atom is -0.324 e. The monoisotopic (exact) mass is 343 g/mol. The van der Waals surface area contributed by atoms with Crippen LogP contribution in [0.4, 0.5) is 10.1 Å². The van der Waals surface area contributed by atoms with Crippen molar-refractivity contribution in [3.8, 4) is 0 Å². The van der Waals surface area contributed by atoms with Crippen molar-refractivity contribution in [2.45, 2.75) is 17.1 Å². The summed E-state index contributed by atoms with van der Waals surface area (Å²) in [6.07, 6.45) is 0. The summed E-state index contributed by atoms with van der Waals surface area (Å²) in [4.78, 5) is 12.6. The highest BCUT2D eigenvalue weighted by Crippen LogP contribution is 2.29. The lowest BCUT2D eigenvalue weighted by atomic mass is 10.3. The molecule has 0 aliphatic rings. The molecule has 0 saturated heterocycles. The quantitative estimate of drug-likeness (QED) is 0.768. The second kappa shape index (κ2) is 7.16. The van der Waals surface area contributed by atoms with Gasteiger partial charge in [-0.3, -0.25) is 4.79 Å². The van der Waals surface area contributed by atoms with Crippen LogP contribution in [0.25, 0.3) is 0 Å². The molecule has 2 nitrogen and oxygen atoms in total. The minimum atomic E-state index is -0.475. The number of carbonyl (C=O) groups is 1. The third-order valence-corrected chi connectivity index (χ3v) is 4.41. The van der Waals surface area contributed by atoms with E-state index in [1.54, 1.807) is 43.3 Å². The van der Waals surface area contributed by atoms with Gasteiger partial charge in [0.2, 0.25) is 5.91 Å². The highest BCUT2D eigenvalue weighted by molar-refractivity contribution is 8.00. The van der Waals surface area contributed by atoms with Crippen LogP contribution in [-0.2, 0) is 4.79 Å². The van der Waals surface area contributed by atoms with E-state index in [-0.39, 0.29) is 11.7 Å². The van der Waals surface area contributed by atoms with E-state index in [0.717, 1.165) is 11.8 Å². The van der Waals surface area contributed by atoms with Crippen LogP contribution >= 0.6 is 35.0 Å². The molecule has 21 heavy (non-hydrogen) atoms. The molecule has 0 heterocycles. The van der Waals surface area contributed by atoms with Crippen LogP contribution in [0.15, 0.2) is 47.4 Å². The van der Waals surface area contributed by atoms with Gasteiger partial charge in [0.15, 0.2) is 0 Å². The second-order valence-electron chi connectivity index (χ2n) is 4.30. The van der Waals surface area contributed by atoms with Gasteiger partial charge in [-0.05, 0) is 37.3 Å². The van der Waals surface area contributed by atoms with E-state index in [2.05, 4.69) is 5.32 Å². The van der Waals surface area contributed by atoms with Gasteiger partial charge >= 0.3 is 0 Å². The molecule has 0 saturated carbocycles. The van der Waals surface area contributed by atoms with Crippen molar-refractivity contribution >= 4 is 46.6 Å². The molecular weight excluding hydrogens is 332 g/mol. The maximum absolute atomic E-state index is 13.6. The number of rotatable bonds is 4. The Kier molecular flexibility index (Phi) is 5.51. The fourth-order valence-electron chi connectivity index (χ4n) is 1.61. The molecule has 2 aromatic carbocycles. The van der Waals surface area contributed by atoms with Crippen molar-refractivity contribution in [1.82, 2.24) is 0 Å². The van der Waals surface area contributed by atoms with E-state index in [1.807, 2.05) is 0 Å². The van der Waals surface area contributed by atoms with E-state index in [4.69, 9.17) is 23.2 Å². The van der Waals surface area contributed by atoms with E-state index >= 15 is 0 Å². The third kappa shape index (κ3) is 4.37. The number of nitrogens with one attached hydrogen (secondary N) is 1. The number of halogens is 3. The summed E-state index contributed by atoms with van der Waals surface area (Å²) in [5.74, 6) is -0.615. The molecule has 0 aliphatic heterocycles. The number of hydrogen-bond donors (Lipinski definition) is 1. The molecule has 1 atom stereocenters. The predicted molar refractivity (Wildman–Crippen MR) is 86.8 cm³/mol. The van der Waals surface area contributed by atoms with Gasteiger partial charge in [-0.2, -0.15) is 0 Å². The lowest BCUT2D eigenvalue weighted by Crippen LogP contribution is -2.22. The Hall–Kier alpha value is -1.23. The van der Waals surface area contributed by atoms with Crippen molar-refractivity contribution in [1.29, 1.82) is 0 Å². The van der Waals surface area contributed by atoms with E-state index in [1.165, 1.54) is 6.07 Å². The van der Waals surface area contributed by atoms with Gasteiger partial charge in [-0.1, -0.05) is 35.3 Å². The van der Waals surface area contributed by atoms with Crippen LogP contribution in [-0.4, -0.2) is 11.2 Å². The summed E-state index contributed by atoms with van der Waals surface area (Å²) >= 11 is 13.0. The van der Waals surface area contributed by atoms with E-state index in [0.29, 0.717) is 20.6 Å². The fraction of sp³-hybridized carbons (Fsp3) is 0.133. The zero-order valence-corrected chi connectivity index (χ0v) is 13.4. The van der Waals surface area contributed by atoms with Crippen molar-refractivity contribution in [3.63, 3.8) is 0 Å². The lowest BCUT2D eigenvalue weighted by Gasteiger charge is -2.13. The Balaban J connectivity index is 2.06. The van der Waals surface area contributed by atoms with Crippen LogP contribution < -0.4 is 5.32 Å². The average molecular weight is 344 g/mol. The number of amides is 1. The SMILES string of the molecule is CC(Sc1ccccc1F)C(=O)Nc1cc(Cl)ccc1Cl. The molecule has 110 valence electrons. The first-order valence-electron chi connectivity index (χ1n) is 6.14. The molecule has 1 N–H and O–H groups in total. The minimum absolute atomic E-state index is 0.271. The molecule has 0 radical (unpaired) electrons. The van der Waals surface area contributed by atoms with Crippen molar-refractivity contribution in [2.24, 2.45) is 0 Å². The maximum atomic E-state index is 13.6. The molecular formula is C15H12Cl2FNOS. The molecule has 0 bridgehead atoms. The summed E-state index contributed by atoms with van der Waals surface area (Å²) in [5.41, 5.74) is 0.440. The molecule has 2 aromatic rings. The Morgan fingerprint density at radius 2 is 1.95 bits per heavy atom. The number of anilines is 1. The van der Waals surface area contributed by atoms with Gasteiger partial charge in [-0.15, -0.1) is 11.8 Å². The Bertz CT molecular complexity index is 666. The van der Waals surface area contributed by atoms with Gasteiger partial charge in [0.05, 0.1) is 16.0 Å². The highest BCUT2D eigenvalue weighted by Gasteiger charge is 2.17. The molecule has 0 spiro atoms. The number of hydrogen-bond acceptors (Lipinski definition) is 2. The molecule has 1 unspecified atom stereocenters. The first-order chi connectivity index (χ1) is 9.97. The summed E-state index contributed by atoms with van der Waals surface area (Å²) in [6.45, 7) is 1.70. The Labute approximate surface area is 136 Å². The summed E-state index contributed by atoms with van der Waals surface area (Å²) in [7, 11) is 0. The number of benzene rings is 2. The molecule has 2 rings (SSSR count). The summed E-state index contributed by atoms with van der Waals surface area (Å²) in [5, 5.41) is 3.09. The molecule has 6 heteroatoms. The average Bonchev–Trinajstić information content (AvgIpc) is 2.45. The predicted octanol–water partition coefficient (Wildman–Crippen LogP) is 5.25. The van der Waals surface area contributed by atoms with Crippen molar-refractivity contribution in [2.75, 3.05) is 5.32 Å². The fourth-order valence-corrected chi connectivity index (χ4v) is 2.83. The third-order valence-electron chi connectivity index (χ3n) is 2.70. The van der Waals surface area contributed by atoms with Gasteiger partial charge in [0, 0.05) is 9.92 Å². The van der Waals surface area contributed by atoms with Crippen LogP contribution in [0.2, 0.25) is 10.0 Å². The normalized spacial score (nSPS) is 12.0. The molecule has 0 fully saturated rings. The van der Waals surface area contributed by atoms with Crippen molar-refractivity contribution in [3.05, 3.63) is 58.3 Å². The smallest absolute Gasteiger partial charge is 0.237 e. The van der Waals surface area contributed by atoms with Gasteiger partial charge in [0.25, 0.3) is 0 Å². The van der Waals surface area contributed by atoms with Crippen LogP contribution in [0.5, 0.6) is 0 Å². The van der Waals surface area contributed by atoms with Gasteiger partial charge in [-0.25, -0.2) is 4.39 Å². The standard InChI is InChI=1S/C15H12Cl2FNOS/c1-9(21-14-5-3-2-4-12(14)18)15(20)19-13-8-10(16)6-7-11(13)17/h2-9H,1H3,(H,19,20). The Morgan fingerprint density at radius 1 is 1.24 bits per heavy atom. The summed E-state index contributed by atoms with van der Waals surface area (Å²) in [6, 6.07) is 11.1.